The van der Waals surface area contributed by atoms with Crippen molar-refractivity contribution < 1.29 is 14.0 Å². The molecule has 2 fully saturated rings. The third-order valence-corrected chi connectivity index (χ3v) is 10.3. The van der Waals surface area contributed by atoms with Crippen LogP contribution in [0.3, 0.4) is 0 Å². The number of halogens is 2. The number of hydrogen-bond acceptors (Lipinski definition) is 10. The van der Waals surface area contributed by atoms with E-state index in [0.717, 1.165) is 66.2 Å². The SMILES string of the molecule is CN1CCN(CCc2cc(-c3nc(NCCN4CNC(C(=O)C=O)C4(C)C)ncc3Br)sc2Cc2ccc(F)cc2)CC1. The normalized spacial score (nSPS) is 19.5. The largest absolute Gasteiger partial charge is 0.353 e. The maximum absolute atomic E-state index is 13.6. The van der Waals surface area contributed by atoms with E-state index in [1.165, 1.54) is 22.6 Å². The molecule has 0 amide bonds. The van der Waals surface area contributed by atoms with Crippen molar-refractivity contribution in [1.82, 2.24) is 30.0 Å². The summed E-state index contributed by atoms with van der Waals surface area (Å²) in [7, 11) is 2.17. The molecule has 9 nitrogen and oxygen atoms in total. The molecule has 4 heterocycles. The lowest BCUT2D eigenvalue weighted by atomic mass is 9.92. The number of hydrogen-bond donors (Lipinski definition) is 2. The summed E-state index contributed by atoms with van der Waals surface area (Å²) in [5.74, 6) is -0.134. The standard InChI is InChI=1S/C31H39BrFN7O2S/c1-31(2)29(25(42)19-41)36-20-40(31)11-9-34-30-35-18-24(32)28(37-30)27-17-22(8-10-39-14-12-38(3)13-15-39)26(43-27)16-21-4-6-23(33)7-5-21/h4-7,17-19,29,36H,8-16,20H2,1-3H3,(H,34,35,37). The van der Waals surface area contributed by atoms with Gasteiger partial charge in [0.25, 0.3) is 0 Å². The van der Waals surface area contributed by atoms with E-state index >= 15 is 0 Å². The van der Waals surface area contributed by atoms with Gasteiger partial charge in [0.15, 0.2) is 6.29 Å². The van der Waals surface area contributed by atoms with Crippen molar-refractivity contribution in [2.75, 3.05) is 64.8 Å². The third-order valence-electron chi connectivity index (χ3n) is 8.52. The number of Topliss-reactive ketones (excluding diaryl/α,β-unsaturated/α-hetero) is 1. The highest BCUT2D eigenvalue weighted by molar-refractivity contribution is 9.10. The number of nitrogens with one attached hydrogen (secondary N) is 2. The van der Waals surface area contributed by atoms with Gasteiger partial charge >= 0.3 is 0 Å². The Morgan fingerprint density at radius 2 is 1.95 bits per heavy atom. The number of anilines is 1. The number of aromatic nitrogens is 2. The van der Waals surface area contributed by atoms with E-state index in [2.05, 4.69) is 59.4 Å². The summed E-state index contributed by atoms with van der Waals surface area (Å²) < 4.78 is 14.4. The molecule has 3 aromatic rings. The molecule has 1 unspecified atom stereocenters. The van der Waals surface area contributed by atoms with Crippen LogP contribution in [0.5, 0.6) is 0 Å². The lowest BCUT2D eigenvalue weighted by Crippen LogP contribution is -2.51. The molecule has 43 heavy (non-hydrogen) atoms. The number of carbonyl (C=O) groups is 2. The van der Waals surface area contributed by atoms with E-state index in [0.29, 0.717) is 32.0 Å². The van der Waals surface area contributed by atoms with Gasteiger partial charge in [0, 0.05) is 75.5 Å². The average Bonchev–Trinajstić information content (AvgIpc) is 3.53. The molecule has 0 bridgehead atoms. The molecule has 230 valence electrons. The summed E-state index contributed by atoms with van der Waals surface area (Å²) in [4.78, 5) is 41.8. The Bertz CT molecular complexity index is 1430. The first-order chi connectivity index (χ1) is 20.6. The van der Waals surface area contributed by atoms with E-state index in [1.54, 1.807) is 17.5 Å². The number of likely N-dealkylation sites (N-methyl/N-ethyl adjacent to an activating group) is 1. The molecule has 2 N–H and O–H groups in total. The van der Waals surface area contributed by atoms with Gasteiger partial charge in [-0.15, -0.1) is 11.3 Å². The minimum Gasteiger partial charge on any atom is -0.353 e. The Morgan fingerprint density at radius 1 is 1.21 bits per heavy atom. The minimum absolute atomic E-state index is 0.227. The molecule has 2 saturated heterocycles. The molecule has 5 rings (SSSR count). The summed E-state index contributed by atoms with van der Waals surface area (Å²) >= 11 is 5.39. The number of carbonyl (C=O) groups excluding carboxylic acids is 2. The molecule has 0 radical (unpaired) electrons. The molecule has 2 aromatic heterocycles. The second-order valence-corrected chi connectivity index (χ2v) is 13.8. The van der Waals surface area contributed by atoms with Crippen LogP contribution in [-0.2, 0) is 22.4 Å². The van der Waals surface area contributed by atoms with Crippen LogP contribution >= 0.6 is 27.3 Å². The lowest BCUT2D eigenvalue weighted by Gasteiger charge is -2.33. The molecule has 0 saturated carbocycles. The fourth-order valence-electron chi connectivity index (χ4n) is 5.73. The highest BCUT2D eigenvalue weighted by atomic mass is 79.9. The lowest BCUT2D eigenvalue weighted by molar-refractivity contribution is -0.132. The number of aldehydes is 1. The van der Waals surface area contributed by atoms with Crippen molar-refractivity contribution >= 4 is 45.3 Å². The van der Waals surface area contributed by atoms with Crippen LogP contribution < -0.4 is 10.6 Å². The monoisotopic (exact) mass is 671 g/mol. The Kier molecular flexibility index (Phi) is 10.4. The van der Waals surface area contributed by atoms with Crippen molar-refractivity contribution in [2.24, 2.45) is 0 Å². The van der Waals surface area contributed by atoms with Crippen molar-refractivity contribution in [3.05, 3.63) is 62.8 Å². The minimum atomic E-state index is -0.520. The zero-order valence-electron chi connectivity index (χ0n) is 24.9. The molecule has 1 atom stereocenters. The van der Waals surface area contributed by atoms with Crippen LogP contribution in [0.1, 0.15) is 29.9 Å². The average molecular weight is 673 g/mol. The zero-order chi connectivity index (χ0) is 30.6. The van der Waals surface area contributed by atoms with E-state index in [1.807, 2.05) is 26.0 Å². The number of piperazine rings is 1. The summed E-state index contributed by atoms with van der Waals surface area (Å²) in [5, 5.41) is 6.49. The van der Waals surface area contributed by atoms with Gasteiger partial charge in [-0.3, -0.25) is 19.8 Å². The van der Waals surface area contributed by atoms with Crippen LogP contribution in [0.25, 0.3) is 10.6 Å². The molecule has 1 aromatic carbocycles. The van der Waals surface area contributed by atoms with Crippen LogP contribution in [0.2, 0.25) is 0 Å². The van der Waals surface area contributed by atoms with Crippen molar-refractivity contribution in [2.45, 2.75) is 38.3 Å². The fourth-order valence-corrected chi connectivity index (χ4v) is 7.52. The Morgan fingerprint density at radius 3 is 2.67 bits per heavy atom. The Balaban J connectivity index is 1.30. The molecule has 0 aliphatic carbocycles. The molecular weight excluding hydrogens is 633 g/mol. The maximum Gasteiger partial charge on any atom is 0.223 e. The molecule has 2 aliphatic heterocycles. The number of benzene rings is 1. The van der Waals surface area contributed by atoms with Gasteiger partial charge in [0.05, 0.1) is 21.1 Å². The Hall–Kier alpha value is -2.61. The third kappa shape index (κ3) is 7.73. The second kappa shape index (κ2) is 14.0. The topological polar surface area (TPSA) is 93.7 Å². The maximum atomic E-state index is 13.6. The number of ketones is 1. The van der Waals surface area contributed by atoms with Crippen LogP contribution in [0.4, 0.5) is 10.3 Å². The van der Waals surface area contributed by atoms with Crippen molar-refractivity contribution in [3.8, 4) is 10.6 Å². The van der Waals surface area contributed by atoms with Gasteiger partial charge < -0.3 is 15.1 Å². The predicted octanol–water partition coefficient (Wildman–Crippen LogP) is 3.68. The van der Waals surface area contributed by atoms with E-state index < -0.39 is 17.4 Å². The highest BCUT2D eigenvalue weighted by Gasteiger charge is 2.44. The summed E-state index contributed by atoms with van der Waals surface area (Å²) in [6.07, 6.45) is 3.85. The first kappa shape index (κ1) is 31.8. The van der Waals surface area contributed by atoms with Gasteiger partial charge in [-0.05, 0) is 72.6 Å². The fraction of sp³-hybridized carbons (Fsp3) is 0.484. The summed E-state index contributed by atoms with van der Waals surface area (Å²) in [6, 6.07) is 8.48. The van der Waals surface area contributed by atoms with Crippen LogP contribution in [-0.4, -0.2) is 108 Å². The quantitative estimate of drug-likeness (QED) is 0.221. The van der Waals surface area contributed by atoms with Crippen molar-refractivity contribution in [3.63, 3.8) is 0 Å². The van der Waals surface area contributed by atoms with E-state index in [4.69, 9.17) is 4.98 Å². The van der Waals surface area contributed by atoms with E-state index in [9.17, 15) is 14.0 Å². The smallest absolute Gasteiger partial charge is 0.223 e. The summed E-state index contributed by atoms with van der Waals surface area (Å²) in [5.41, 5.74) is 2.72. The molecule has 2 aliphatic rings. The van der Waals surface area contributed by atoms with Gasteiger partial charge in [-0.25, -0.2) is 14.4 Å². The van der Waals surface area contributed by atoms with Gasteiger partial charge in [-0.2, -0.15) is 0 Å². The molecular formula is C31H39BrFN7O2S. The first-order valence-corrected chi connectivity index (χ1v) is 16.3. The second-order valence-electron chi connectivity index (χ2n) is 11.8. The number of thiophene rings is 1. The van der Waals surface area contributed by atoms with Crippen LogP contribution in [0, 0.1) is 5.82 Å². The first-order valence-electron chi connectivity index (χ1n) is 14.6. The number of rotatable bonds is 12. The van der Waals surface area contributed by atoms with Gasteiger partial charge in [-0.1, -0.05) is 12.1 Å². The van der Waals surface area contributed by atoms with Gasteiger partial charge in [0.2, 0.25) is 11.7 Å². The predicted molar refractivity (Wildman–Crippen MR) is 172 cm³/mol. The molecule has 0 spiro atoms. The number of nitrogens with zero attached hydrogens (tertiary/aromatic N) is 5. The summed E-state index contributed by atoms with van der Waals surface area (Å²) in [6.45, 7) is 11.0. The highest BCUT2D eigenvalue weighted by Crippen LogP contribution is 2.36. The van der Waals surface area contributed by atoms with Crippen molar-refractivity contribution in [1.29, 1.82) is 0 Å². The van der Waals surface area contributed by atoms with E-state index in [-0.39, 0.29) is 5.82 Å². The Labute approximate surface area is 265 Å². The zero-order valence-corrected chi connectivity index (χ0v) is 27.3. The van der Waals surface area contributed by atoms with Crippen LogP contribution in [0.15, 0.2) is 41.0 Å². The van der Waals surface area contributed by atoms with Gasteiger partial charge in [0.1, 0.15) is 5.82 Å². The molecule has 12 heteroatoms.